The Bertz CT molecular complexity index is 516. The third-order valence-electron chi connectivity index (χ3n) is 4.00. The molecule has 3 nitrogen and oxygen atoms in total. The standard InChI is InChI=1S/C17H18NO2/c19-15-11-16(18-12-15)17(20,13-7-3-1-4-8-13)14-9-5-2-6-10-14/h1-10,15-16,18-19H,11-12H2/q-1/t15-,16+/m1/s1. The molecule has 2 atom stereocenters. The van der Waals surface area contributed by atoms with Crippen LogP contribution in [0.25, 0.3) is 0 Å². The Morgan fingerprint density at radius 2 is 1.45 bits per heavy atom. The zero-order valence-corrected chi connectivity index (χ0v) is 11.2. The quantitative estimate of drug-likeness (QED) is 0.873. The summed E-state index contributed by atoms with van der Waals surface area (Å²) in [6.07, 6.45) is 0.0357. The number of aliphatic hydroxyl groups is 1. The summed E-state index contributed by atoms with van der Waals surface area (Å²) < 4.78 is 0. The van der Waals surface area contributed by atoms with Gasteiger partial charge in [-0.2, -0.15) is 0 Å². The van der Waals surface area contributed by atoms with Gasteiger partial charge in [-0.3, -0.25) is 0 Å². The van der Waals surface area contributed by atoms with Crippen LogP contribution in [0.5, 0.6) is 0 Å². The van der Waals surface area contributed by atoms with Crippen molar-refractivity contribution in [3.8, 4) is 0 Å². The molecule has 3 rings (SSSR count). The highest BCUT2D eigenvalue weighted by molar-refractivity contribution is 5.38. The second kappa shape index (κ2) is 5.37. The average molecular weight is 268 g/mol. The molecule has 2 aromatic carbocycles. The lowest BCUT2D eigenvalue weighted by atomic mass is 9.79. The number of benzene rings is 2. The Kier molecular flexibility index (Phi) is 3.57. The predicted octanol–water partition coefficient (Wildman–Crippen LogP) is 1.01. The lowest BCUT2D eigenvalue weighted by Crippen LogP contribution is -2.55. The predicted molar refractivity (Wildman–Crippen MR) is 76.1 cm³/mol. The molecule has 0 amide bonds. The summed E-state index contributed by atoms with van der Waals surface area (Å²) >= 11 is 0. The SMILES string of the molecule is [O-]C(c1ccccc1)(c1ccccc1)[C@@H]1C[C@@H](O)CN1. The third kappa shape index (κ3) is 2.24. The number of rotatable bonds is 3. The first-order valence-corrected chi connectivity index (χ1v) is 6.94. The summed E-state index contributed by atoms with van der Waals surface area (Å²) in [6.45, 7) is 0.480. The van der Waals surface area contributed by atoms with Crippen LogP contribution in [-0.2, 0) is 5.60 Å². The van der Waals surface area contributed by atoms with Crippen molar-refractivity contribution in [2.75, 3.05) is 6.54 Å². The molecule has 1 saturated heterocycles. The van der Waals surface area contributed by atoms with Gasteiger partial charge in [-0.05, 0) is 12.0 Å². The molecule has 0 radical (unpaired) electrons. The van der Waals surface area contributed by atoms with Gasteiger partial charge in [0.2, 0.25) is 0 Å². The zero-order chi connectivity index (χ0) is 14.0. The summed E-state index contributed by atoms with van der Waals surface area (Å²) in [5.41, 5.74) is 0.0931. The van der Waals surface area contributed by atoms with Crippen LogP contribution >= 0.6 is 0 Å². The molecule has 1 heterocycles. The highest BCUT2D eigenvalue weighted by atomic mass is 16.3. The molecule has 0 bridgehead atoms. The van der Waals surface area contributed by atoms with E-state index in [0.29, 0.717) is 13.0 Å². The smallest absolute Gasteiger partial charge is 0.0679 e. The molecule has 0 spiro atoms. The monoisotopic (exact) mass is 268 g/mol. The number of hydrogen-bond donors (Lipinski definition) is 2. The van der Waals surface area contributed by atoms with E-state index in [2.05, 4.69) is 5.32 Å². The van der Waals surface area contributed by atoms with Crippen molar-refractivity contribution >= 4 is 0 Å². The number of β-amino-alcohol motifs (C(OH)–C–C–N with tert-alkyl or cyclic N) is 1. The largest absolute Gasteiger partial charge is 0.841 e. The van der Waals surface area contributed by atoms with Gasteiger partial charge < -0.3 is 15.5 Å². The van der Waals surface area contributed by atoms with Crippen LogP contribution in [0.2, 0.25) is 0 Å². The van der Waals surface area contributed by atoms with Gasteiger partial charge in [0.25, 0.3) is 0 Å². The fourth-order valence-electron chi connectivity index (χ4n) is 2.97. The summed E-state index contributed by atoms with van der Waals surface area (Å²) in [5.74, 6) is 0. The van der Waals surface area contributed by atoms with E-state index in [1.165, 1.54) is 0 Å². The zero-order valence-electron chi connectivity index (χ0n) is 11.2. The van der Waals surface area contributed by atoms with E-state index in [1.807, 2.05) is 60.7 Å². The van der Waals surface area contributed by atoms with Crippen molar-refractivity contribution in [3.63, 3.8) is 0 Å². The second-order valence-corrected chi connectivity index (χ2v) is 5.32. The number of hydrogen-bond acceptors (Lipinski definition) is 3. The lowest BCUT2D eigenvalue weighted by Gasteiger charge is -2.47. The van der Waals surface area contributed by atoms with Gasteiger partial charge in [0.15, 0.2) is 0 Å². The minimum atomic E-state index is -1.38. The maximum Gasteiger partial charge on any atom is 0.0679 e. The first-order chi connectivity index (χ1) is 9.71. The van der Waals surface area contributed by atoms with Crippen LogP contribution in [0.3, 0.4) is 0 Å². The fraction of sp³-hybridized carbons (Fsp3) is 0.294. The van der Waals surface area contributed by atoms with Crippen molar-refractivity contribution in [1.82, 2.24) is 5.32 Å². The molecule has 20 heavy (non-hydrogen) atoms. The second-order valence-electron chi connectivity index (χ2n) is 5.32. The Hall–Kier alpha value is -1.68. The number of aliphatic hydroxyl groups excluding tert-OH is 1. The molecule has 0 aromatic heterocycles. The Balaban J connectivity index is 2.08. The summed E-state index contributed by atoms with van der Waals surface area (Å²) in [5, 5.41) is 26.6. The summed E-state index contributed by atoms with van der Waals surface area (Å²) in [4.78, 5) is 0. The fourth-order valence-corrected chi connectivity index (χ4v) is 2.97. The van der Waals surface area contributed by atoms with Gasteiger partial charge in [-0.15, -0.1) is 0 Å². The third-order valence-corrected chi connectivity index (χ3v) is 4.00. The molecule has 1 aliphatic rings. The van der Waals surface area contributed by atoms with E-state index >= 15 is 0 Å². The van der Waals surface area contributed by atoms with Crippen LogP contribution in [0, 0.1) is 0 Å². The van der Waals surface area contributed by atoms with E-state index in [-0.39, 0.29) is 6.04 Å². The van der Waals surface area contributed by atoms with Crippen molar-refractivity contribution in [1.29, 1.82) is 0 Å². The van der Waals surface area contributed by atoms with E-state index in [1.54, 1.807) is 0 Å². The van der Waals surface area contributed by atoms with Gasteiger partial charge >= 0.3 is 0 Å². The van der Waals surface area contributed by atoms with Crippen molar-refractivity contribution in [2.45, 2.75) is 24.2 Å². The van der Waals surface area contributed by atoms with Crippen molar-refractivity contribution in [3.05, 3.63) is 71.8 Å². The van der Waals surface area contributed by atoms with E-state index in [9.17, 15) is 10.2 Å². The summed E-state index contributed by atoms with van der Waals surface area (Å²) in [6, 6.07) is 18.5. The molecular formula is C17H18NO2-. The van der Waals surface area contributed by atoms with Crippen LogP contribution < -0.4 is 10.4 Å². The van der Waals surface area contributed by atoms with Gasteiger partial charge in [0.05, 0.1) is 6.10 Å². The highest BCUT2D eigenvalue weighted by Gasteiger charge is 2.36. The molecule has 1 fully saturated rings. The van der Waals surface area contributed by atoms with Gasteiger partial charge in [-0.25, -0.2) is 0 Å². The number of nitrogens with one attached hydrogen (secondary N) is 1. The van der Waals surface area contributed by atoms with Crippen LogP contribution in [0.1, 0.15) is 17.5 Å². The topological polar surface area (TPSA) is 55.3 Å². The normalized spacial score (nSPS) is 22.9. The van der Waals surface area contributed by atoms with Gasteiger partial charge in [-0.1, -0.05) is 71.8 Å². The van der Waals surface area contributed by atoms with E-state index in [4.69, 9.17) is 0 Å². The van der Waals surface area contributed by atoms with E-state index < -0.39 is 11.7 Å². The highest BCUT2D eigenvalue weighted by Crippen LogP contribution is 2.33. The average Bonchev–Trinajstić information content (AvgIpc) is 2.95. The molecule has 2 N–H and O–H groups in total. The molecule has 0 aliphatic carbocycles. The lowest BCUT2D eigenvalue weighted by molar-refractivity contribution is -0.478. The Morgan fingerprint density at radius 1 is 0.950 bits per heavy atom. The van der Waals surface area contributed by atoms with Gasteiger partial charge in [0.1, 0.15) is 0 Å². The molecule has 0 unspecified atom stereocenters. The Labute approximate surface area is 118 Å². The van der Waals surface area contributed by atoms with Crippen LogP contribution in [0.4, 0.5) is 0 Å². The first kappa shape index (κ1) is 13.3. The molecule has 104 valence electrons. The van der Waals surface area contributed by atoms with E-state index in [0.717, 1.165) is 11.1 Å². The summed E-state index contributed by atoms with van der Waals surface area (Å²) in [7, 11) is 0. The van der Waals surface area contributed by atoms with Crippen molar-refractivity contribution < 1.29 is 10.2 Å². The first-order valence-electron chi connectivity index (χ1n) is 6.94. The molecular weight excluding hydrogens is 250 g/mol. The van der Waals surface area contributed by atoms with Gasteiger partial charge in [0, 0.05) is 12.6 Å². The van der Waals surface area contributed by atoms with Crippen LogP contribution in [0.15, 0.2) is 60.7 Å². The van der Waals surface area contributed by atoms with Crippen LogP contribution in [-0.4, -0.2) is 23.8 Å². The molecule has 2 aromatic rings. The maximum absolute atomic E-state index is 13.7. The minimum absolute atomic E-state index is 0.303. The molecule has 0 saturated carbocycles. The molecule has 1 aliphatic heterocycles. The Morgan fingerprint density at radius 3 is 1.85 bits per heavy atom. The minimum Gasteiger partial charge on any atom is -0.841 e. The molecule has 3 heteroatoms. The van der Waals surface area contributed by atoms with Crippen molar-refractivity contribution in [2.24, 2.45) is 0 Å². The maximum atomic E-state index is 13.7.